The first-order chi connectivity index (χ1) is 46.6. The monoisotopic (exact) mass is 1350 g/mol. The van der Waals surface area contributed by atoms with E-state index in [0.29, 0.717) is 80.7 Å². The number of rotatable bonds is 33. The molecular formula is C80H106O18. The van der Waals surface area contributed by atoms with Crippen molar-refractivity contribution in [1.82, 2.24) is 0 Å². The number of carbonyl (C=O) groups is 4. The first-order valence-corrected chi connectivity index (χ1v) is 34.5. The van der Waals surface area contributed by atoms with Gasteiger partial charge in [-0.25, -0.2) is 19.2 Å². The van der Waals surface area contributed by atoms with E-state index in [1.54, 1.807) is 20.8 Å². The second-order valence-electron chi connectivity index (χ2n) is 28.3. The van der Waals surface area contributed by atoms with Crippen LogP contribution in [0.3, 0.4) is 0 Å². The van der Waals surface area contributed by atoms with Crippen molar-refractivity contribution in [2.75, 3.05) is 119 Å². The van der Waals surface area contributed by atoms with E-state index in [1.807, 2.05) is 43.3 Å². The maximum atomic E-state index is 14.1. The van der Waals surface area contributed by atoms with E-state index in [2.05, 4.69) is 132 Å². The molecule has 0 N–H and O–H groups in total. The summed E-state index contributed by atoms with van der Waals surface area (Å²) in [6.07, 6.45) is 0.883. The first kappa shape index (κ1) is 77.5. The maximum Gasteiger partial charge on any atom is 0.344 e. The molecule has 0 saturated carbocycles. The van der Waals surface area contributed by atoms with Gasteiger partial charge in [-0.05, 0) is 128 Å². The Morgan fingerprint density at radius 2 is 0.541 bits per heavy atom. The molecule has 6 aromatic carbocycles. The number of esters is 4. The van der Waals surface area contributed by atoms with E-state index in [1.165, 1.54) is 0 Å². The van der Waals surface area contributed by atoms with Gasteiger partial charge in [0, 0.05) is 43.1 Å². The van der Waals surface area contributed by atoms with Crippen molar-refractivity contribution in [3.63, 3.8) is 0 Å². The van der Waals surface area contributed by atoms with E-state index in [9.17, 15) is 19.2 Å². The van der Waals surface area contributed by atoms with Gasteiger partial charge in [0.15, 0.2) is 26.4 Å². The highest BCUT2D eigenvalue weighted by Gasteiger charge is 2.31. The molecule has 18 heteroatoms. The van der Waals surface area contributed by atoms with Crippen LogP contribution in [-0.4, -0.2) is 143 Å². The Morgan fingerprint density at radius 1 is 0.296 bits per heavy atom. The fourth-order valence-electron chi connectivity index (χ4n) is 11.4. The van der Waals surface area contributed by atoms with Crippen molar-refractivity contribution in [2.24, 2.45) is 0 Å². The largest absolute Gasteiger partial charge is 0.491 e. The third-order valence-electron chi connectivity index (χ3n) is 16.5. The summed E-state index contributed by atoms with van der Waals surface area (Å²) in [5.74, 6) is 1.01. The van der Waals surface area contributed by atoms with Gasteiger partial charge in [-0.1, -0.05) is 156 Å². The molecule has 98 heavy (non-hydrogen) atoms. The minimum Gasteiger partial charge on any atom is -0.491 e. The smallest absolute Gasteiger partial charge is 0.344 e. The van der Waals surface area contributed by atoms with Crippen LogP contribution in [0, 0.1) is 0 Å². The normalized spacial score (nSPS) is 12.6. The zero-order valence-corrected chi connectivity index (χ0v) is 61.0. The van der Waals surface area contributed by atoms with Crippen molar-refractivity contribution in [3.8, 4) is 34.5 Å². The fourth-order valence-corrected chi connectivity index (χ4v) is 11.4. The number of carbonyl (C=O) groups excluding carboxylic acids is 4. The van der Waals surface area contributed by atoms with Crippen molar-refractivity contribution in [3.05, 3.63) is 152 Å². The van der Waals surface area contributed by atoms with E-state index in [0.717, 1.165) is 77.5 Å². The van der Waals surface area contributed by atoms with Crippen molar-refractivity contribution in [2.45, 2.75) is 158 Å². The van der Waals surface area contributed by atoms with Crippen LogP contribution in [0.25, 0.3) is 10.8 Å². The molecule has 18 nitrogen and oxygen atoms in total. The lowest BCUT2D eigenvalue weighted by Gasteiger charge is -2.29. The van der Waals surface area contributed by atoms with Crippen LogP contribution >= 0.6 is 0 Å². The quantitative estimate of drug-likeness (QED) is 0.0214. The topological polar surface area (TPSA) is 197 Å². The summed E-state index contributed by atoms with van der Waals surface area (Å²) >= 11 is 0. The molecule has 534 valence electrons. The van der Waals surface area contributed by atoms with Crippen LogP contribution in [0.2, 0.25) is 0 Å². The summed E-state index contributed by atoms with van der Waals surface area (Å²) in [5, 5.41) is 1.79. The van der Waals surface area contributed by atoms with Crippen molar-refractivity contribution in [1.29, 1.82) is 0 Å². The Kier molecular flexibility index (Phi) is 28.7. The molecule has 0 unspecified atom stereocenters. The number of ether oxygens (including phenoxy) is 14. The second-order valence-corrected chi connectivity index (χ2v) is 28.3. The van der Waals surface area contributed by atoms with E-state index < -0.39 is 46.7 Å². The standard InChI is InChI=1S/C80H106O18/c1-17-85-27-28-86-29-30-87-31-34-92-67-25-21-24-66-65(67)23-22-26-68(66)93-35-32-88-33-36-94-72(84)52-98-76-59-39-57-45-62(78(8,9)10)43-55(74(57)96-50-70(82)90-19-3)37-53-41-61(77(5,6)7)42-54(73(53)95-49-69(81)89-18-2)38-56-44-63(79(11,12)13)46-58(75(56)97-51-71(83)91-20-4)40-60(76)48-64(47-59)80(14,15)16/h21-26,41-48H,17-20,27-40,49-52H2,1-16H3. The molecule has 1 aliphatic rings. The predicted octanol–water partition coefficient (Wildman–Crippen LogP) is 14.0. The minimum absolute atomic E-state index is 0.0492. The summed E-state index contributed by atoms with van der Waals surface area (Å²) in [6, 6.07) is 28.6. The lowest BCUT2D eigenvalue weighted by molar-refractivity contribution is -0.148. The summed E-state index contributed by atoms with van der Waals surface area (Å²) in [7, 11) is 0. The van der Waals surface area contributed by atoms with Crippen LogP contribution < -0.4 is 28.4 Å². The average molecular weight is 1360 g/mol. The van der Waals surface area contributed by atoms with Gasteiger partial charge in [-0.2, -0.15) is 0 Å². The third kappa shape index (κ3) is 22.8. The number of fused-ring (bicyclic) bond motifs is 9. The molecule has 6 aromatic rings. The summed E-state index contributed by atoms with van der Waals surface area (Å²) < 4.78 is 84.1. The second kappa shape index (κ2) is 36.3. The Balaban J connectivity index is 1.26. The van der Waals surface area contributed by atoms with Crippen LogP contribution in [-0.2, 0) is 104 Å². The summed E-state index contributed by atoms with van der Waals surface area (Å²) in [5.41, 5.74) is 8.36. The molecule has 0 fully saturated rings. The van der Waals surface area contributed by atoms with E-state index in [4.69, 9.17) is 66.3 Å². The highest BCUT2D eigenvalue weighted by atomic mass is 16.6. The van der Waals surface area contributed by atoms with Crippen molar-refractivity contribution >= 4 is 34.6 Å². The van der Waals surface area contributed by atoms with Crippen LogP contribution in [0.1, 0.15) is 178 Å². The van der Waals surface area contributed by atoms with Crippen molar-refractivity contribution < 1.29 is 85.5 Å². The molecule has 1 aliphatic carbocycles. The van der Waals surface area contributed by atoms with Gasteiger partial charge in [0.1, 0.15) is 54.3 Å². The van der Waals surface area contributed by atoms with Crippen LogP contribution in [0.5, 0.6) is 34.5 Å². The molecule has 0 spiro atoms. The molecule has 0 aliphatic heterocycles. The molecule has 0 heterocycles. The lowest BCUT2D eigenvalue weighted by Crippen LogP contribution is -2.21. The van der Waals surface area contributed by atoms with Gasteiger partial charge in [0.2, 0.25) is 0 Å². The summed E-state index contributed by atoms with van der Waals surface area (Å²) in [4.78, 5) is 54.4. The third-order valence-corrected chi connectivity index (χ3v) is 16.5. The predicted molar refractivity (Wildman–Crippen MR) is 379 cm³/mol. The average Bonchev–Trinajstić information content (AvgIpc) is 0.765. The number of benzene rings is 6. The lowest BCUT2D eigenvalue weighted by atomic mass is 9.79. The van der Waals surface area contributed by atoms with E-state index in [-0.39, 0.29) is 97.2 Å². The van der Waals surface area contributed by atoms with Gasteiger partial charge in [-0.3, -0.25) is 0 Å². The highest BCUT2D eigenvalue weighted by Crippen LogP contribution is 2.45. The highest BCUT2D eigenvalue weighted by molar-refractivity contribution is 5.93. The summed E-state index contributed by atoms with van der Waals surface area (Å²) in [6.45, 7) is 35.9. The van der Waals surface area contributed by atoms with Crippen LogP contribution in [0.15, 0.2) is 84.9 Å². The molecule has 0 radical (unpaired) electrons. The minimum atomic E-state index is -0.616. The Hall–Kier alpha value is -7.90. The molecule has 0 amide bonds. The SMILES string of the molecule is CCOCCOCCOCCOc1cccc2c(OCCOCCOC(=O)COc3c4cc(C(C)(C)C)cc3Cc3cc(C(C)(C)C)cc(c3OCC(=O)OCC)Cc3cc(C(C)(C)C)cc(c3OCC(=O)OCC)Cc3cc(C(C)(C)C)cc(c3OCC(=O)OCC)C4)cccc12. The number of hydrogen-bond donors (Lipinski definition) is 0. The van der Waals surface area contributed by atoms with E-state index >= 15 is 0 Å². The van der Waals surface area contributed by atoms with Gasteiger partial charge in [-0.15, -0.1) is 0 Å². The Bertz CT molecular complexity index is 3490. The molecular weight excluding hydrogens is 1250 g/mol. The zero-order valence-electron chi connectivity index (χ0n) is 61.0. The first-order valence-electron chi connectivity index (χ1n) is 34.5. The molecule has 0 aromatic heterocycles. The Labute approximate surface area is 580 Å². The molecule has 0 atom stereocenters. The maximum absolute atomic E-state index is 14.1. The van der Waals surface area contributed by atoms with Gasteiger partial charge in [0.05, 0.1) is 66.1 Å². The molecule has 0 saturated heterocycles. The zero-order chi connectivity index (χ0) is 71.2. The Morgan fingerprint density at radius 3 is 0.796 bits per heavy atom. The molecule has 7 rings (SSSR count). The van der Waals surface area contributed by atoms with Crippen LogP contribution in [0.4, 0.5) is 0 Å². The molecule has 8 bridgehead atoms. The number of hydrogen-bond acceptors (Lipinski definition) is 18. The van der Waals surface area contributed by atoms with Gasteiger partial charge < -0.3 is 66.3 Å². The van der Waals surface area contributed by atoms with Gasteiger partial charge in [0.25, 0.3) is 0 Å². The van der Waals surface area contributed by atoms with Gasteiger partial charge >= 0.3 is 23.9 Å². The fraction of sp³-hybridized carbons (Fsp3) is 0.525.